The predicted octanol–water partition coefficient (Wildman–Crippen LogP) is 4.88. The molecule has 0 aliphatic carbocycles. The molecule has 2 aromatic carbocycles. The molecule has 6 nitrogen and oxygen atoms in total. The number of nitrogens with one attached hydrogen (secondary N) is 1. The van der Waals surface area contributed by atoms with E-state index >= 15 is 0 Å². The van der Waals surface area contributed by atoms with Crippen LogP contribution in [0, 0.1) is 0 Å². The quantitative estimate of drug-likeness (QED) is 0.575. The molecule has 2 amide bonds. The highest BCUT2D eigenvalue weighted by Gasteiger charge is 2.13. The van der Waals surface area contributed by atoms with Crippen LogP contribution in [0.3, 0.4) is 0 Å². The lowest BCUT2D eigenvalue weighted by Crippen LogP contribution is -2.30. The van der Waals surface area contributed by atoms with Gasteiger partial charge in [-0.05, 0) is 68.8 Å². The van der Waals surface area contributed by atoms with Crippen LogP contribution in [0.4, 0.5) is 5.69 Å². The van der Waals surface area contributed by atoms with Gasteiger partial charge in [0.05, 0.1) is 18.7 Å². The molecule has 0 aliphatic heterocycles. The van der Waals surface area contributed by atoms with Crippen LogP contribution in [0.5, 0.6) is 11.5 Å². The molecule has 7 heteroatoms. The second kappa shape index (κ2) is 11.3. The number of hydrogen-bond donors (Lipinski definition) is 1. The standard InChI is InChI=1S/C23H27ClN2O4/c1-5-26(6-2)23(28)17-9-11-18(12-10-17)25-21(27)13-8-16-14-19(24)22(29-4)20(15-16)30-7-3/h8-15H,5-7H2,1-4H3,(H,25,27)/b13-8+. The van der Waals surface area contributed by atoms with Crippen molar-refractivity contribution in [1.82, 2.24) is 4.90 Å². The molecular formula is C23H27ClN2O4. The highest BCUT2D eigenvalue weighted by Crippen LogP contribution is 2.36. The van der Waals surface area contributed by atoms with Crippen LogP contribution in [0.1, 0.15) is 36.7 Å². The van der Waals surface area contributed by atoms with E-state index in [2.05, 4.69) is 5.32 Å². The minimum absolute atomic E-state index is 0.0285. The van der Waals surface area contributed by atoms with E-state index in [1.165, 1.54) is 13.2 Å². The summed E-state index contributed by atoms with van der Waals surface area (Å²) in [5, 5.41) is 3.17. The third-order valence-corrected chi connectivity index (χ3v) is 4.69. The first-order valence-corrected chi connectivity index (χ1v) is 10.2. The van der Waals surface area contributed by atoms with Gasteiger partial charge in [-0.15, -0.1) is 0 Å². The van der Waals surface area contributed by atoms with Crippen molar-refractivity contribution in [3.8, 4) is 11.5 Å². The SMILES string of the molecule is CCOc1cc(/C=C/C(=O)Nc2ccc(C(=O)N(CC)CC)cc2)cc(Cl)c1OC. The zero-order valence-electron chi connectivity index (χ0n) is 17.7. The van der Waals surface area contributed by atoms with Crippen LogP contribution in [-0.4, -0.2) is 43.5 Å². The molecule has 0 atom stereocenters. The molecule has 0 saturated heterocycles. The highest BCUT2D eigenvalue weighted by molar-refractivity contribution is 6.32. The van der Waals surface area contributed by atoms with Crippen molar-refractivity contribution >= 4 is 35.2 Å². The monoisotopic (exact) mass is 430 g/mol. The fraction of sp³-hybridized carbons (Fsp3) is 0.304. The molecule has 0 heterocycles. The number of ether oxygens (including phenoxy) is 2. The maximum atomic E-state index is 12.3. The molecule has 0 saturated carbocycles. The minimum Gasteiger partial charge on any atom is -0.491 e. The fourth-order valence-corrected chi connectivity index (χ4v) is 3.19. The number of hydrogen-bond acceptors (Lipinski definition) is 4. The Balaban J connectivity index is 2.07. The molecular weight excluding hydrogens is 404 g/mol. The van der Waals surface area contributed by atoms with Gasteiger partial charge in [0.15, 0.2) is 11.5 Å². The molecule has 0 aromatic heterocycles. The zero-order chi connectivity index (χ0) is 22.1. The van der Waals surface area contributed by atoms with Crippen molar-refractivity contribution in [1.29, 1.82) is 0 Å². The van der Waals surface area contributed by atoms with E-state index in [0.29, 0.717) is 53.0 Å². The largest absolute Gasteiger partial charge is 0.491 e. The van der Waals surface area contributed by atoms with Gasteiger partial charge in [-0.2, -0.15) is 0 Å². The lowest BCUT2D eigenvalue weighted by molar-refractivity contribution is -0.111. The van der Waals surface area contributed by atoms with Gasteiger partial charge >= 0.3 is 0 Å². The molecule has 0 fully saturated rings. The summed E-state index contributed by atoms with van der Waals surface area (Å²) in [6, 6.07) is 10.3. The smallest absolute Gasteiger partial charge is 0.253 e. The van der Waals surface area contributed by atoms with Gasteiger partial charge in [-0.3, -0.25) is 9.59 Å². The Hall–Kier alpha value is -2.99. The number of rotatable bonds is 9. The number of benzene rings is 2. The molecule has 2 rings (SSSR count). The van der Waals surface area contributed by atoms with E-state index in [1.54, 1.807) is 47.4 Å². The predicted molar refractivity (Wildman–Crippen MR) is 121 cm³/mol. The van der Waals surface area contributed by atoms with Crippen LogP contribution < -0.4 is 14.8 Å². The third kappa shape index (κ3) is 6.00. The molecule has 2 aromatic rings. The van der Waals surface area contributed by atoms with Crippen LogP contribution >= 0.6 is 11.6 Å². The number of methoxy groups -OCH3 is 1. The zero-order valence-corrected chi connectivity index (χ0v) is 18.5. The van der Waals surface area contributed by atoms with E-state index in [4.69, 9.17) is 21.1 Å². The Morgan fingerprint density at radius 2 is 1.77 bits per heavy atom. The van der Waals surface area contributed by atoms with Gasteiger partial charge in [0.2, 0.25) is 5.91 Å². The van der Waals surface area contributed by atoms with E-state index in [1.807, 2.05) is 20.8 Å². The average Bonchev–Trinajstić information content (AvgIpc) is 2.74. The molecule has 0 bridgehead atoms. The third-order valence-electron chi connectivity index (χ3n) is 4.41. The Morgan fingerprint density at radius 3 is 2.33 bits per heavy atom. The van der Waals surface area contributed by atoms with Crippen LogP contribution in [0.15, 0.2) is 42.5 Å². The van der Waals surface area contributed by atoms with E-state index in [0.717, 1.165) is 0 Å². The Morgan fingerprint density at radius 1 is 1.10 bits per heavy atom. The number of nitrogens with zero attached hydrogens (tertiary/aromatic N) is 1. The minimum atomic E-state index is -0.303. The molecule has 0 radical (unpaired) electrons. The first kappa shape index (κ1) is 23.3. The molecule has 160 valence electrons. The van der Waals surface area contributed by atoms with Crippen molar-refractivity contribution in [3.63, 3.8) is 0 Å². The van der Waals surface area contributed by atoms with E-state index in [9.17, 15) is 9.59 Å². The lowest BCUT2D eigenvalue weighted by atomic mass is 10.1. The maximum Gasteiger partial charge on any atom is 0.253 e. The first-order chi connectivity index (χ1) is 14.4. The van der Waals surface area contributed by atoms with Crippen LogP contribution in [-0.2, 0) is 4.79 Å². The summed E-state index contributed by atoms with van der Waals surface area (Å²) in [4.78, 5) is 26.3. The number of amides is 2. The Kier molecular flexibility index (Phi) is 8.74. The lowest BCUT2D eigenvalue weighted by Gasteiger charge is -2.18. The second-order valence-corrected chi connectivity index (χ2v) is 6.75. The Bertz CT molecular complexity index is 906. The number of halogens is 1. The second-order valence-electron chi connectivity index (χ2n) is 6.34. The summed E-state index contributed by atoms with van der Waals surface area (Å²) in [7, 11) is 1.52. The van der Waals surface area contributed by atoms with Gasteiger partial charge < -0.3 is 19.7 Å². The summed E-state index contributed by atoms with van der Waals surface area (Å²) in [6.45, 7) is 7.51. The summed E-state index contributed by atoms with van der Waals surface area (Å²) in [5.74, 6) is 0.641. The van der Waals surface area contributed by atoms with Gasteiger partial charge in [0, 0.05) is 30.4 Å². The van der Waals surface area contributed by atoms with Gasteiger partial charge in [0.1, 0.15) is 0 Å². The molecule has 1 N–H and O–H groups in total. The highest BCUT2D eigenvalue weighted by atomic mass is 35.5. The Labute approximate surface area is 182 Å². The van der Waals surface area contributed by atoms with Crippen molar-refractivity contribution < 1.29 is 19.1 Å². The summed E-state index contributed by atoms with van der Waals surface area (Å²) in [6.07, 6.45) is 3.05. The topological polar surface area (TPSA) is 67.9 Å². The maximum absolute atomic E-state index is 12.3. The van der Waals surface area contributed by atoms with Crippen molar-refractivity contribution in [3.05, 3.63) is 58.6 Å². The van der Waals surface area contributed by atoms with Gasteiger partial charge in [-0.25, -0.2) is 0 Å². The fourth-order valence-electron chi connectivity index (χ4n) is 2.89. The van der Waals surface area contributed by atoms with Gasteiger partial charge in [0.25, 0.3) is 5.91 Å². The molecule has 0 unspecified atom stereocenters. The van der Waals surface area contributed by atoms with Gasteiger partial charge in [-0.1, -0.05) is 11.6 Å². The van der Waals surface area contributed by atoms with E-state index < -0.39 is 0 Å². The summed E-state index contributed by atoms with van der Waals surface area (Å²) >= 11 is 6.23. The summed E-state index contributed by atoms with van der Waals surface area (Å²) < 4.78 is 10.8. The average molecular weight is 431 g/mol. The van der Waals surface area contributed by atoms with Crippen molar-refractivity contribution in [2.75, 3.05) is 32.1 Å². The van der Waals surface area contributed by atoms with Crippen LogP contribution in [0.25, 0.3) is 6.08 Å². The molecule has 0 aliphatic rings. The van der Waals surface area contributed by atoms with Crippen molar-refractivity contribution in [2.24, 2.45) is 0 Å². The number of carbonyl (C=O) groups is 2. The first-order valence-electron chi connectivity index (χ1n) is 9.82. The number of carbonyl (C=O) groups excluding carboxylic acids is 2. The normalized spacial score (nSPS) is 10.7. The van der Waals surface area contributed by atoms with Crippen LogP contribution in [0.2, 0.25) is 5.02 Å². The van der Waals surface area contributed by atoms with Crippen molar-refractivity contribution in [2.45, 2.75) is 20.8 Å². The summed E-state index contributed by atoms with van der Waals surface area (Å²) in [5.41, 5.74) is 1.90. The van der Waals surface area contributed by atoms with E-state index in [-0.39, 0.29) is 11.8 Å². The molecule has 30 heavy (non-hydrogen) atoms. The number of anilines is 1. The molecule has 0 spiro atoms.